The van der Waals surface area contributed by atoms with E-state index < -0.39 is 6.04 Å². The van der Waals surface area contributed by atoms with E-state index in [1.54, 1.807) is 16.2 Å². The van der Waals surface area contributed by atoms with Crippen LogP contribution in [0.15, 0.2) is 52.2 Å². The fourth-order valence-electron chi connectivity index (χ4n) is 7.95. The molecule has 1 unspecified atom stereocenters. The predicted molar refractivity (Wildman–Crippen MR) is 178 cm³/mol. The van der Waals surface area contributed by atoms with Gasteiger partial charge in [0.05, 0.1) is 11.0 Å². The number of hydrogen-bond donors (Lipinski definition) is 2. The number of nitrogens with zero attached hydrogens (tertiary/aromatic N) is 5. The molecule has 4 aliphatic rings. The summed E-state index contributed by atoms with van der Waals surface area (Å²) in [6.45, 7) is 6.37. The van der Waals surface area contributed by atoms with Crippen LogP contribution in [-0.4, -0.2) is 81.5 Å². The van der Waals surface area contributed by atoms with Crippen LogP contribution in [0.1, 0.15) is 68.9 Å². The minimum Gasteiger partial charge on any atom is -0.371 e. The van der Waals surface area contributed by atoms with Crippen LogP contribution in [0.3, 0.4) is 0 Å². The lowest BCUT2D eigenvalue weighted by atomic mass is 9.87. The topological polar surface area (TPSA) is 109 Å². The van der Waals surface area contributed by atoms with E-state index in [0.29, 0.717) is 24.4 Å². The maximum Gasteiger partial charge on any atom is 0.329 e. The van der Waals surface area contributed by atoms with Crippen molar-refractivity contribution >= 4 is 40.5 Å². The van der Waals surface area contributed by atoms with Crippen molar-refractivity contribution in [2.75, 3.05) is 44.2 Å². The molecule has 3 N–H and O–H groups in total. The molecule has 45 heavy (non-hydrogen) atoms. The Morgan fingerprint density at radius 2 is 1.58 bits per heavy atom. The number of para-hydroxylation sites is 1. The summed E-state index contributed by atoms with van der Waals surface area (Å²) in [7, 11) is 1.80. The Kier molecular flexibility index (Phi) is 8.78. The van der Waals surface area contributed by atoms with E-state index in [1.807, 2.05) is 24.1 Å². The first kappa shape index (κ1) is 30.5. The van der Waals surface area contributed by atoms with Crippen molar-refractivity contribution in [3.63, 3.8) is 0 Å². The maximum atomic E-state index is 13.4. The van der Waals surface area contributed by atoms with Gasteiger partial charge < -0.3 is 15.5 Å². The van der Waals surface area contributed by atoms with Crippen LogP contribution < -0.4 is 21.6 Å². The molecule has 1 atom stereocenters. The minimum absolute atomic E-state index is 0.198. The number of rotatable bonds is 6. The second-order valence-electron chi connectivity index (χ2n) is 13.3. The lowest BCUT2D eigenvalue weighted by molar-refractivity contribution is -0.135. The standard InChI is InChI=1S/C34H45N7O3S/c1-37-32-28(6-3-7-29(32)41(34(37)44)30-8-9-31(42)36-33(30)43)23-10-16-38(17-11-23)25-14-18-39(19-15-25)26-4-2-5-27(22-26)45-40-20-12-24(35)13-21-40/h2-7,22-25,30H,8-21,35H2,1H3,(H,36,42,43). The number of amides is 2. The number of likely N-dealkylation sites (tertiary alicyclic amines) is 1. The summed E-state index contributed by atoms with van der Waals surface area (Å²) in [6, 6.07) is 15.4. The van der Waals surface area contributed by atoms with E-state index in [0.717, 1.165) is 76.0 Å². The highest BCUT2D eigenvalue weighted by Crippen LogP contribution is 2.36. The number of anilines is 1. The molecule has 240 valence electrons. The summed E-state index contributed by atoms with van der Waals surface area (Å²) >= 11 is 1.87. The zero-order chi connectivity index (χ0) is 31.1. The SMILES string of the molecule is Cn1c(=O)n(C2CCC(=O)NC2=O)c2cccc(C3CCN(C4CCN(c5cccc(SN6CCC(N)CC6)c5)CC4)CC3)c21. The molecule has 4 saturated heterocycles. The Morgan fingerprint density at radius 3 is 2.31 bits per heavy atom. The zero-order valence-corrected chi connectivity index (χ0v) is 27.0. The van der Waals surface area contributed by atoms with Gasteiger partial charge >= 0.3 is 5.69 Å². The van der Waals surface area contributed by atoms with Crippen LogP contribution in [-0.2, 0) is 16.6 Å². The fraction of sp³-hybridized carbons (Fsp3) is 0.559. The molecule has 0 spiro atoms. The van der Waals surface area contributed by atoms with Gasteiger partial charge in [-0.25, -0.2) is 9.10 Å². The summed E-state index contributed by atoms with van der Waals surface area (Å²) in [4.78, 5) is 44.3. The van der Waals surface area contributed by atoms with Crippen LogP contribution in [0, 0.1) is 0 Å². The third kappa shape index (κ3) is 6.19. The monoisotopic (exact) mass is 631 g/mol. The molecule has 0 bridgehead atoms. The van der Waals surface area contributed by atoms with Gasteiger partial charge in [0.1, 0.15) is 6.04 Å². The van der Waals surface area contributed by atoms with Crippen molar-refractivity contribution in [3.05, 3.63) is 58.5 Å². The Morgan fingerprint density at radius 1 is 0.844 bits per heavy atom. The lowest BCUT2D eigenvalue weighted by Gasteiger charge is -2.42. The smallest absolute Gasteiger partial charge is 0.329 e. The van der Waals surface area contributed by atoms with Crippen molar-refractivity contribution in [3.8, 4) is 0 Å². The van der Waals surface area contributed by atoms with Gasteiger partial charge in [0, 0.05) is 62.3 Å². The highest BCUT2D eigenvalue weighted by Gasteiger charge is 2.34. The van der Waals surface area contributed by atoms with Crippen LogP contribution >= 0.6 is 11.9 Å². The summed E-state index contributed by atoms with van der Waals surface area (Å²) in [5, 5.41) is 2.41. The van der Waals surface area contributed by atoms with Crippen molar-refractivity contribution in [1.82, 2.24) is 23.7 Å². The van der Waals surface area contributed by atoms with Gasteiger partial charge in [0.15, 0.2) is 0 Å². The molecule has 0 aliphatic carbocycles. The number of imide groups is 1. The summed E-state index contributed by atoms with van der Waals surface area (Å²) < 4.78 is 5.75. The van der Waals surface area contributed by atoms with E-state index in [2.05, 4.69) is 49.8 Å². The molecular weight excluding hydrogens is 586 g/mol. The third-order valence-corrected chi connectivity index (χ3v) is 11.6. The highest BCUT2D eigenvalue weighted by molar-refractivity contribution is 7.97. The van der Waals surface area contributed by atoms with Crippen molar-refractivity contribution in [2.45, 2.75) is 80.3 Å². The number of carbonyl (C=O) groups is 2. The summed E-state index contributed by atoms with van der Waals surface area (Å²) in [5.74, 6) is -0.296. The van der Waals surface area contributed by atoms with Gasteiger partial charge in [-0.3, -0.25) is 24.0 Å². The fourth-order valence-corrected chi connectivity index (χ4v) is 8.95. The van der Waals surface area contributed by atoms with Crippen LogP contribution in [0.4, 0.5) is 5.69 Å². The van der Waals surface area contributed by atoms with E-state index >= 15 is 0 Å². The molecule has 0 radical (unpaired) electrons. The molecular formula is C34H45N7O3S. The van der Waals surface area contributed by atoms with Gasteiger partial charge in [-0.2, -0.15) is 0 Å². The number of benzene rings is 2. The Hall–Kier alpha value is -3.12. The molecule has 4 fully saturated rings. The average molecular weight is 632 g/mol. The van der Waals surface area contributed by atoms with E-state index in [1.165, 1.54) is 29.0 Å². The molecule has 10 nitrogen and oxygen atoms in total. The first-order valence-electron chi connectivity index (χ1n) is 16.7. The summed E-state index contributed by atoms with van der Waals surface area (Å²) in [6.07, 6.45) is 7.20. The van der Waals surface area contributed by atoms with E-state index in [9.17, 15) is 14.4 Å². The van der Waals surface area contributed by atoms with E-state index in [-0.39, 0.29) is 23.9 Å². The number of hydrogen-bond acceptors (Lipinski definition) is 8. The van der Waals surface area contributed by atoms with Crippen LogP contribution in [0.25, 0.3) is 11.0 Å². The molecule has 4 aliphatic heterocycles. The molecule has 3 aromatic rings. The number of nitrogens with two attached hydrogens (primary N) is 1. The minimum atomic E-state index is -0.655. The molecule has 2 aromatic carbocycles. The second kappa shape index (κ2) is 12.9. The zero-order valence-electron chi connectivity index (χ0n) is 26.2. The normalized spacial score (nSPS) is 23.6. The summed E-state index contributed by atoms with van der Waals surface area (Å²) in [5.41, 5.74) is 10.1. The van der Waals surface area contributed by atoms with Crippen molar-refractivity contribution < 1.29 is 9.59 Å². The number of fused-ring (bicyclic) bond motifs is 1. The average Bonchev–Trinajstić information content (AvgIpc) is 3.31. The second-order valence-corrected chi connectivity index (χ2v) is 14.4. The van der Waals surface area contributed by atoms with Crippen molar-refractivity contribution in [2.24, 2.45) is 12.8 Å². The number of aromatic nitrogens is 2. The van der Waals surface area contributed by atoms with Gasteiger partial charge in [-0.1, -0.05) is 18.2 Å². The molecule has 11 heteroatoms. The third-order valence-electron chi connectivity index (χ3n) is 10.5. The maximum absolute atomic E-state index is 13.4. The Bertz CT molecular complexity index is 1610. The first-order valence-corrected chi connectivity index (χ1v) is 17.4. The van der Waals surface area contributed by atoms with Gasteiger partial charge in [-0.15, -0.1) is 0 Å². The van der Waals surface area contributed by atoms with Crippen LogP contribution in [0.2, 0.25) is 0 Å². The molecule has 2 amide bonds. The van der Waals surface area contributed by atoms with Gasteiger partial charge in [0.25, 0.3) is 0 Å². The Balaban J connectivity index is 0.971. The van der Waals surface area contributed by atoms with Gasteiger partial charge in [-0.05, 0) is 106 Å². The largest absolute Gasteiger partial charge is 0.371 e. The molecule has 7 rings (SSSR count). The number of carbonyl (C=O) groups excluding carboxylic acids is 2. The number of aryl methyl sites for hydroxylation is 1. The molecule has 0 saturated carbocycles. The van der Waals surface area contributed by atoms with E-state index in [4.69, 9.17) is 5.73 Å². The molecule has 5 heterocycles. The number of piperidine rings is 4. The quantitative estimate of drug-likeness (QED) is 0.314. The predicted octanol–water partition coefficient (Wildman–Crippen LogP) is 3.60. The number of nitrogens with one attached hydrogen (secondary N) is 1. The van der Waals surface area contributed by atoms with Crippen molar-refractivity contribution in [1.29, 1.82) is 0 Å². The first-order chi connectivity index (χ1) is 21.9. The Labute approximate surface area is 269 Å². The molecule has 1 aromatic heterocycles. The van der Waals surface area contributed by atoms with Gasteiger partial charge in [0.2, 0.25) is 11.8 Å². The van der Waals surface area contributed by atoms with Crippen LogP contribution in [0.5, 0.6) is 0 Å². The highest BCUT2D eigenvalue weighted by atomic mass is 32.2. The number of imidazole rings is 1. The lowest BCUT2D eigenvalue weighted by Crippen LogP contribution is -2.47.